The molecule has 1 N–H and O–H groups in total. The van der Waals surface area contributed by atoms with Gasteiger partial charge in [-0.3, -0.25) is 0 Å². The van der Waals surface area contributed by atoms with Crippen LogP contribution in [0.15, 0.2) is 34.1 Å². The molecule has 102 valence electrons. The summed E-state index contributed by atoms with van der Waals surface area (Å²) in [5.74, 6) is 0. The molecule has 5 heteroatoms. The first-order chi connectivity index (χ1) is 9.11. The normalized spacial score (nSPS) is 12.6. The second kappa shape index (κ2) is 7.41. The maximum absolute atomic E-state index is 6.14. The molecular formula is C14H14BrClINS. The Hall–Kier alpha value is 0.380. The monoisotopic (exact) mass is 469 g/mol. The van der Waals surface area contributed by atoms with E-state index in [1.807, 2.05) is 6.07 Å². The van der Waals surface area contributed by atoms with E-state index in [0.717, 1.165) is 18.0 Å². The molecule has 0 aliphatic carbocycles. The van der Waals surface area contributed by atoms with Crippen LogP contribution in [0.1, 0.15) is 23.4 Å². The molecule has 0 aliphatic heterocycles. The maximum atomic E-state index is 6.14. The maximum Gasteiger partial charge on any atom is 0.0410 e. The predicted octanol–water partition coefficient (Wildman–Crippen LogP) is 5.66. The minimum Gasteiger partial charge on any atom is -0.310 e. The van der Waals surface area contributed by atoms with Crippen LogP contribution in [-0.4, -0.2) is 6.54 Å². The molecule has 0 amide bonds. The molecule has 1 nitrogen and oxygen atoms in total. The number of hydrogen-bond donors (Lipinski definition) is 1. The summed E-state index contributed by atoms with van der Waals surface area (Å²) in [6.07, 6.45) is 0.975. The first-order valence-electron chi connectivity index (χ1n) is 6.02. The number of halogens is 3. The van der Waals surface area contributed by atoms with Gasteiger partial charge in [-0.2, -0.15) is 0 Å². The third kappa shape index (κ3) is 4.17. The third-order valence-corrected chi connectivity index (χ3v) is 6.03. The van der Waals surface area contributed by atoms with Crippen LogP contribution in [0, 0.1) is 3.57 Å². The summed E-state index contributed by atoms with van der Waals surface area (Å²) < 4.78 is 2.44. The van der Waals surface area contributed by atoms with Crippen molar-refractivity contribution < 1.29 is 0 Å². The van der Waals surface area contributed by atoms with Gasteiger partial charge in [0.1, 0.15) is 0 Å². The Labute approximate surface area is 145 Å². The number of nitrogens with one attached hydrogen (secondary N) is 1. The van der Waals surface area contributed by atoms with E-state index in [9.17, 15) is 0 Å². The van der Waals surface area contributed by atoms with Crippen LogP contribution in [-0.2, 0) is 6.42 Å². The lowest BCUT2D eigenvalue weighted by Gasteiger charge is -2.20. The highest BCUT2D eigenvalue weighted by molar-refractivity contribution is 14.1. The number of benzene rings is 1. The van der Waals surface area contributed by atoms with Crippen molar-refractivity contribution in [3.8, 4) is 0 Å². The fraction of sp³-hybridized carbons (Fsp3) is 0.286. The van der Waals surface area contributed by atoms with E-state index in [-0.39, 0.29) is 0 Å². The second-order valence-corrected chi connectivity index (χ2v) is 7.63. The van der Waals surface area contributed by atoms with Gasteiger partial charge in [-0.1, -0.05) is 18.5 Å². The van der Waals surface area contributed by atoms with Gasteiger partial charge >= 0.3 is 0 Å². The van der Waals surface area contributed by atoms with Gasteiger partial charge in [0, 0.05) is 30.4 Å². The minimum atomic E-state index is 0.297. The number of thiophene rings is 1. The molecule has 0 fully saturated rings. The van der Waals surface area contributed by atoms with E-state index in [1.54, 1.807) is 11.3 Å². The van der Waals surface area contributed by atoms with Crippen LogP contribution in [0.5, 0.6) is 0 Å². The lowest BCUT2D eigenvalue weighted by molar-refractivity contribution is 0.550. The standard InChI is InChI=1S/C14H14BrClINS/c1-2-18-13(8-14-11(15)5-6-19-14)10-7-9(16)3-4-12(10)17/h3-7,13,18H,2,8H2,1H3. The minimum absolute atomic E-state index is 0.297. The highest BCUT2D eigenvalue weighted by atomic mass is 127. The SMILES string of the molecule is CCNC(Cc1sccc1Br)c1cc(Cl)ccc1I. The van der Waals surface area contributed by atoms with Crippen LogP contribution in [0.2, 0.25) is 5.02 Å². The van der Waals surface area contributed by atoms with Crippen molar-refractivity contribution in [2.45, 2.75) is 19.4 Å². The molecule has 1 aromatic carbocycles. The summed E-state index contributed by atoms with van der Waals surface area (Å²) >= 11 is 13.9. The number of hydrogen-bond acceptors (Lipinski definition) is 2. The van der Waals surface area contributed by atoms with Gasteiger partial charge in [-0.05, 0) is 80.3 Å². The topological polar surface area (TPSA) is 12.0 Å². The van der Waals surface area contributed by atoms with E-state index in [2.05, 4.69) is 74.3 Å². The van der Waals surface area contributed by atoms with Gasteiger partial charge in [-0.15, -0.1) is 11.3 Å². The Balaban J connectivity index is 2.29. The van der Waals surface area contributed by atoms with E-state index in [0.29, 0.717) is 6.04 Å². The summed E-state index contributed by atoms with van der Waals surface area (Å²) in [5.41, 5.74) is 1.27. The summed E-state index contributed by atoms with van der Waals surface area (Å²) in [4.78, 5) is 1.36. The zero-order valence-electron chi connectivity index (χ0n) is 10.4. The molecule has 0 bridgehead atoms. The van der Waals surface area contributed by atoms with Crippen molar-refractivity contribution in [3.63, 3.8) is 0 Å². The van der Waals surface area contributed by atoms with E-state index in [1.165, 1.54) is 18.5 Å². The lowest BCUT2D eigenvalue weighted by Crippen LogP contribution is -2.23. The zero-order valence-corrected chi connectivity index (χ0v) is 15.7. The predicted molar refractivity (Wildman–Crippen MR) is 96.3 cm³/mol. The smallest absolute Gasteiger partial charge is 0.0410 e. The largest absolute Gasteiger partial charge is 0.310 e. The van der Waals surface area contributed by atoms with Crippen molar-refractivity contribution in [2.24, 2.45) is 0 Å². The van der Waals surface area contributed by atoms with Gasteiger partial charge in [0.25, 0.3) is 0 Å². The van der Waals surface area contributed by atoms with Gasteiger partial charge < -0.3 is 5.32 Å². The van der Waals surface area contributed by atoms with Crippen LogP contribution in [0.3, 0.4) is 0 Å². The lowest BCUT2D eigenvalue weighted by atomic mass is 10.0. The van der Waals surface area contributed by atoms with Gasteiger partial charge in [0.15, 0.2) is 0 Å². The molecule has 1 atom stereocenters. The first kappa shape index (κ1) is 15.8. The van der Waals surface area contributed by atoms with Crippen LogP contribution in [0.25, 0.3) is 0 Å². The van der Waals surface area contributed by atoms with Gasteiger partial charge in [0.2, 0.25) is 0 Å². The fourth-order valence-corrected chi connectivity index (χ4v) is 4.43. The summed E-state index contributed by atoms with van der Waals surface area (Å²) in [6, 6.07) is 8.48. The zero-order chi connectivity index (χ0) is 13.8. The molecule has 0 saturated carbocycles. The Morgan fingerprint density at radius 1 is 1.42 bits per heavy atom. The van der Waals surface area contributed by atoms with Crippen molar-refractivity contribution >= 4 is 61.5 Å². The molecule has 0 radical (unpaired) electrons. The quantitative estimate of drug-likeness (QED) is 0.556. The molecule has 0 aliphatic rings. The van der Waals surface area contributed by atoms with Crippen molar-refractivity contribution in [2.75, 3.05) is 6.54 Å². The Kier molecular flexibility index (Phi) is 6.14. The van der Waals surface area contributed by atoms with Crippen molar-refractivity contribution in [1.29, 1.82) is 0 Å². The van der Waals surface area contributed by atoms with Crippen molar-refractivity contribution in [1.82, 2.24) is 5.32 Å². The number of rotatable bonds is 5. The Bertz CT molecular complexity index is 558. The summed E-state index contributed by atoms with van der Waals surface area (Å²) in [7, 11) is 0. The van der Waals surface area contributed by atoms with Crippen LogP contribution < -0.4 is 5.32 Å². The molecule has 0 spiro atoms. The number of likely N-dealkylation sites (N-methyl/N-ethyl adjacent to an activating group) is 1. The highest BCUT2D eigenvalue weighted by Gasteiger charge is 2.16. The molecule has 1 unspecified atom stereocenters. The van der Waals surface area contributed by atoms with Gasteiger partial charge in [0.05, 0.1) is 0 Å². The summed E-state index contributed by atoms with van der Waals surface area (Å²) in [5, 5.41) is 6.47. The third-order valence-electron chi connectivity index (χ3n) is 2.86. The van der Waals surface area contributed by atoms with E-state index in [4.69, 9.17) is 11.6 Å². The Morgan fingerprint density at radius 2 is 2.21 bits per heavy atom. The van der Waals surface area contributed by atoms with Gasteiger partial charge in [-0.25, -0.2) is 0 Å². The molecule has 2 aromatic rings. The molecule has 2 rings (SSSR count). The summed E-state index contributed by atoms with van der Waals surface area (Å²) in [6.45, 7) is 3.07. The average molecular weight is 471 g/mol. The first-order valence-corrected chi connectivity index (χ1v) is 9.15. The highest BCUT2D eigenvalue weighted by Crippen LogP contribution is 2.31. The Morgan fingerprint density at radius 3 is 2.84 bits per heavy atom. The molecule has 0 saturated heterocycles. The van der Waals surface area contributed by atoms with Crippen LogP contribution >= 0.6 is 61.5 Å². The molecule has 19 heavy (non-hydrogen) atoms. The molecule has 1 aromatic heterocycles. The van der Waals surface area contributed by atoms with Crippen molar-refractivity contribution in [3.05, 3.63) is 53.2 Å². The average Bonchev–Trinajstić information content (AvgIpc) is 2.78. The van der Waals surface area contributed by atoms with Crippen LogP contribution in [0.4, 0.5) is 0 Å². The fourth-order valence-electron chi connectivity index (χ4n) is 1.98. The molecular weight excluding hydrogens is 456 g/mol. The van der Waals surface area contributed by atoms with E-state index < -0.39 is 0 Å². The molecule has 1 heterocycles. The van der Waals surface area contributed by atoms with E-state index >= 15 is 0 Å². The second-order valence-electron chi connectivity index (χ2n) is 4.17.